The van der Waals surface area contributed by atoms with Gasteiger partial charge in [0, 0.05) is 24.1 Å². The van der Waals surface area contributed by atoms with Crippen molar-refractivity contribution in [1.29, 1.82) is 0 Å². The van der Waals surface area contributed by atoms with E-state index in [-0.39, 0.29) is 11.8 Å². The number of nitrogens with zero attached hydrogens (tertiary/aromatic N) is 1. The second-order valence-corrected chi connectivity index (χ2v) is 8.48. The number of furan rings is 1. The number of likely N-dealkylation sites (tertiary alicyclic amines) is 1. The zero-order chi connectivity index (χ0) is 16.6. The number of nitrogens with one attached hydrogen (secondary N) is 1. The number of piperidine rings is 1. The SMILES string of the molecule is O=C(NCCSC1CCCCC1)[C@@H]1CCCN(Cc2ccco2)C1. The summed E-state index contributed by atoms with van der Waals surface area (Å²) in [6, 6.07) is 3.93. The van der Waals surface area contributed by atoms with E-state index < -0.39 is 0 Å². The van der Waals surface area contributed by atoms with Crippen LogP contribution in [-0.2, 0) is 11.3 Å². The molecule has 1 aliphatic carbocycles. The first kappa shape index (κ1) is 17.9. The number of carbonyl (C=O) groups excluding carboxylic acids is 1. The Bertz CT molecular complexity index is 486. The molecule has 1 aromatic heterocycles. The van der Waals surface area contributed by atoms with Crippen LogP contribution >= 0.6 is 11.8 Å². The normalized spacial score (nSPS) is 23.2. The molecule has 1 aliphatic heterocycles. The Morgan fingerprint density at radius 3 is 2.92 bits per heavy atom. The molecule has 3 rings (SSSR count). The van der Waals surface area contributed by atoms with Gasteiger partial charge < -0.3 is 9.73 Å². The molecule has 1 atom stereocenters. The third-order valence-electron chi connectivity index (χ3n) is 5.14. The lowest BCUT2D eigenvalue weighted by Crippen LogP contribution is -2.43. The van der Waals surface area contributed by atoms with Crippen LogP contribution < -0.4 is 5.32 Å². The molecule has 2 fully saturated rings. The van der Waals surface area contributed by atoms with Gasteiger partial charge in [0.15, 0.2) is 0 Å². The number of hydrogen-bond acceptors (Lipinski definition) is 4. The van der Waals surface area contributed by atoms with Crippen molar-refractivity contribution < 1.29 is 9.21 Å². The van der Waals surface area contributed by atoms with E-state index in [2.05, 4.69) is 22.0 Å². The fraction of sp³-hybridized carbons (Fsp3) is 0.737. The minimum Gasteiger partial charge on any atom is -0.468 e. The molecule has 4 nitrogen and oxygen atoms in total. The maximum Gasteiger partial charge on any atom is 0.224 e. The van der Waals surface area contributed by atoms with Crippen molar-refractivity contribution in [1.82, 2.24) is 10.2 Å². The lowest BCUT2D eigenvalue weighted by molar-refractivity contribution is -0.126. The highest BCUT2D eigenvalue weighted by atomic mass is 32.2. The molecule has 0 aromatic carbocycles. The van der Waals surface area contributed by atoms with E-state index in [1.165, 1.54) is 32.1 Å². The highest BCUT2D eigenvalue weighted by molar-refractivity contribution is 7.99. The van der Waals surface area contributed by atoms with Gasteiger partial charge in [0.25, 0.3) is 0 Å². The monoisotopic (exact) mass is 350 g/mol. The quantitative estimate of drug-likeness (QED) is 0.762. The maximum absolute atomic E-state index is 12.4. The Balaban J connectivity index is 1.33. The Hall–Kier alpha value is -0.940. The lowest BCUT2D eigenvalue weighted by Gasteiger charge is -2.31. The first-order valence-electron chi connectivity index (χ1n) is 9.45. The van der Waals surface area contributed by atoms with Gasteiger partial charge in [-0.1, -0.05) is 19.3 Å². The van der Waals surface area contributed by atoms with E-state index in [9.17, 15) is 4.79 Å². The summed E-state index contributed by atoms with van der Waals surface area (Å²) in [5.74, 6) is 2.41. The van der Waals surface area contributed by atoms with Crippen LogP contribution in [0.1, 0.15) is 50.7 Å². The summed E-state index contributed by atoms with van der Waals surface area (Å²) in [7, 11) is 0. The van der Waals surface area contributed by atoms with Crippen LogP contribution in [0.4, 0.5) is 0 Å². The average molecular weight is 351 g/mol. The van der Waals surface area contributed by atoms with Gasteiger partial charge >= 0.3 is 0 Å². The summed E-state index contributed by atoms with van der Waals surface area (Å²) >= 11 is 2.05. The van der Waals surface area contributed by atoms with Gasteiger partial charge in [-0.25, -0.2) is 0 Å². The molecule has 1 saturated heterocycles. The topological polar surface area (TPSA) is 45.5 Å². The van der Waals surface area contributed by atoms with Crippen molar-refractivity contribution in [2.75, 3.05) is 25.4 Å². The smallest absolute Gasteiger partial charge is 0.224 e. The van der Waals surface area contributed by atoms with E-state index in [4.69, 9.17) is 4.42 Å². The molecule has 5 heteroatoms. The lowest BCUT2D eigenvalue weighted by atomic mass is 9.97. The molecule has 134 valence electrons. The van der Waals surface area contributed by atoms with Gasteiger partial charge in [0.2, 0.25) is 5.91 Å². The van der Waals surface area contributed by atoms with Crippen molar-refractivity contribution in [3.63, 3.8) is 0 Å². The van der Waals surface area contributed by atoms with Crippen molar-refractivity contribution >= 4 is 17.7 Å². The minimum atomic E-state index is 0.133. The molecule has 0 bridgehead atoms. The van der Waals surface area contributed by atoms with Crippen LogP contribution in [0.3, 0.4) is 0 Å². The molecule has 1 N–H and O–H groups in total. The summed E-state index contributed by atoms with van der Waals surface area (Å²) in [5, 5.41) is 3.99. The molecule has 0 unspecified atom stereocenters. The largest absolute Gasteiger partial charge is 0.468 e. The first-order valence-corrected chi connectivity index (χ1v) is 10.5. The fourth-order valence-electron chi connectivity index (χ4n) is 3.81. The van der Waals surface area contributed by atoms with Crippen molar-refractivity contribution in [2.45, 2.75) is 56.7 Å². The third-order valence-corrected chi connectivity index (χ3v) is 6.53. The highest BCUT2D eigenvalue weighted by Gasteiger charge is 2.26. The number of thioether (sulfide) groups is 1. The van der Waals surface area contributed by atoms with E-state index in [0.717, 1.165) is 55.8 Å². The van der Waals surface area contributed by atoms with Crippen LogP contribution in [0.25, 0.3) is 0 Å². The Labute approximate surface area is 149 Å². The number of amides is 1. The summed E-state index contributed by atoms with van der Waals surface area (Å²) in [5.41, 5.74) is 0. The minimum absolute atomic E-state index is 0.133. The summed E-state index contributed by atoms with van der Waals surface area (Å²) < 4.78 is 5.42. The second kappa shape index (κ2) is 9.52. The average Bonchev–Trinajstić information content (AvgIpc) is 3.13. The van der Waals surface area contributed by atoms with Crippen molar-refractivity contribution in [3.05, 3.63) is 24.2 Å². The van der Waals surface area contributed by atoms with E-state index in [1.54, 1.807) is 6.26 Å². The summed E-state index contributed by atoms with van der Waals surface area (Å²) in [6.07, 6.45) is 10.7. The zero-order valence-electron chi connectivity index (χ0n) is 14.5. The molecule has 0 spiro atoms. The van der Waals surface area contributed by atoms with E-state index in [0.29, 0.717) is 0 Å². The van der Waals surface area contributed by atoms with E-state index >= 15 is 0 Å². The van der Waals surface area contributed by atoms with Crippen LogP contribution in [-0.4, -0.2) is 41.4 Å². The van der Waals surface area contributed by atoms with Gasteiger partial charge in [0.1, 0.15) is 5.76 Å². The van der Waals surface area contributed by atoms with Gasteiger partial charge in [-0.15, -0.1) is 0 Å². The van der Waals surface area contributed by atoms with Crippen LogP contribution in [0.15, 0.2) is 22.8 Å². The van der Waals surface area contributed by atoms with Gasteiger partial charge in [0.05, 0.1) is 18.7 Å². The molecular formula is C19H30N2O2S. The summed E-state index contributed by atoms with van der Waals surface area (Å²) in [4.78, 5) is 14.8. The molecule has 1 saturated carbocycles. The van der Waals surface area contributed by atoms with Crippen LogP contribution in [0.2, 0.25) is 0 Å². The molecule has 1 amide bonds. The third kappa shape index (κ3) is 5.55. The summed E-state index contributed by atoms with van der Waals surface area (Å²) in [6.45, 7) is 3.54. The fourth-order valence-corrected chi connectivity index (χ4v) is 5.03. The van der Waals surface area contributed by atoms with Gasteiger partial charge in [-0.3, -0.25) is 9.69 Å². The molecular weight excluding hydrogens is 320 g/mol. The number of hydrogen-bond donors (Lipinski definition) is 1. The Kier molecular flexibility index (Phi) is 7.09. The van der Waals surface area contributed by atoms with E-state index in [1.807, 2.05) is 12.1 Å². The molecule has 0 radical (unpaired) electrons. The van der Waals surface area contributed by atoms with Crippen LogP contribution in [0.5, 0.6) is 0 Å². The second-order valence-electron chi connectivity index (χ2n) is 7.08. The Morgan fingerprint density at radius 2 is 2.12 bits per heavy atom. The molecule has 2 heterocycles. The van der Waals surface area contributed by atoms with Crippen molar-refractivity contribution in [2.24, 2.45) is 5.92 Å². The molecule has 24 heavy (non-hydrogen) atoms. The number of carbonyl (C=O) groups is 1. The highest BCUT2D eigenvalue weighted by Crippen LogP contribution is 2.27. The first-order chi connectivity index (χ1) is 11.8. The molecule has 2 aliphatic rings. The Morgan fingerprint density at radius 1 is 1.25 bits per heavy atom. The maximum atomic E-state index is 12.4. The zero-order valence-corrected chi connectivity index (χ0v) is 15.4. The predicted molar refractivity (Wildman–Crippen MR) is 99.0 cm³/mol. The van der Waals surface area contributed by atoms with Crippen LogP contribution in [0, 0.1) is 5.92 Å². The molecule has 1 aromatic rings. The van der Waals surface area contributed by atoms with Gasteiger partial charge in [-0.05, 0) is 44.4 Å². The standard InChI is InChI=1S/C19H30N2O2S/c22-19(20-10-13-24-18-8-2-1-3-9-18)16-6-4-11-21(14-16)15-17-7-5-12-23-17/h5,7,12,16,18H,1-4,6,8-11,13-15H2,(H,20,22)/t16-/m1/s1. The van der Waals surface area contributed by atoms with Gasteiger partial charge in [-0.2, -0.15) is 11.8 Å². The predicted octanol–water partition coefficient (Wildman–Crippen LogP) is 3.67. The number of rotatable bonds is 7. The van der Waals surface area contributed by atoms with Crippen molar-refractivity contribution in [3.8, 4) is 0 Å².